The van der Waals surface area contributed by atoms with Crippen molar-refractivity contribution in [3.8, 4) is 0 Å². The molecule has 8 heteroatoms. The summed E-state index contributed by atoms with van der Waals surface area (Å²) in [6.07, 6.45) is 0.288. The highest BCUT2D eigenvalue weighted by atomic mass is 32.2. The molecule has 1 N–H and O–H groups in total. The van der Waals surface area contributed by atoms with E-state index >= 15 is 0 Å². The molecule has 7 nitrogen and oxygen atoms in total. The van der Waals surface area contributed by atoms with E-state index in [1.807, 2.05) is 6.92 Å². The van der Waals surface area contributed by atoms with E-state index in [0.717, 1.165) is 5.56 Å². The van der Waals surface area contributed by atoms with E-state index in [9.17, 15) is 23.3 Å². The quantitative estimate of drug-likeness (QED) is 0.484. The van der Waals surface area contributed by atoms with E-state index in [1.165, 1.54) is 43.3 Å². The first-order valence-corrected chi connectivity index (χ1v) is 8.73. The third-order valence-electron chi connectivity index (χ3n) is 3.64. The maximum atomic E-state index is 12.8. The molecule has 0 bridgehead atoms. The first-order valence-electron chi connectivity index (χ1n) is 7.25. The van der Waals surface area contributed by atoms with Crippen molar-refractivity contribution in [3.05, 3.63) is 74.8 Å². The number of nitrogens with one attached hydrogen (secondary N) is 1. The lowest BCUT2D eigenvalue weighted by molar-refractivity contribution is -0.384. The van der Waals surface area contributed by atoms with Gasteiger partial charge in [-0.1, -0.05) is 17.7 Å². The second kappa shape index (κ2) is 7.27. The van der Waals surface area contributed by atoms with Crippen molar-refractivity contribution in [1.82, 2.24) is 5.32 Å². The molecule has 0 saturated heterocycles. The van der Waals surface area contributed by atoms with Crippen LogP contribution in [0.2, 0.25) is 0 Å². The molecule has 0 unspecified atom stereocenters. The van der Waals surface area contributed by atoms with Gasteiger partial charge in [0.05, 0.1) is 9.82 Å². The van der Waals surface area contributed by atoms with Gasteiger partial charge in [0.2, 0.25) is 16.2 Å². The van der Waals surface area contributed by atoms with Crippen LogP contribution in [0.1, 0.15) is 18.1 Å². The molecule has 0 aliphatic carbocycles. The van der Waals surface area contributed by atoms with Gasteiger partial charge in [-0.15, -0.1) is 0 Å². The first kappa shape index (κ1) is 18.3. The fraction of sp³-hybridized carbons (Fsp3) is 0.118. The molecular formula is C17H16N2O5S. The van der Waals surface area contributed by atoms with Crippen LogP contribution in [0.25, 0.3) is 5.57 Å². The number of benzene rings is 2. The number of hydrogen-bond donors (Lipinski definition) is 1. The minimum atomic E-state index is -3.95. The van der Waals surface area contributed by atoms with Crippen LogP contribution in [-0.4, -0.2) is 19.8 Å². The summed E-state index contributed by atoms with van der Waals surface area (Å²) in [6.45, 7) is 3.36. The third-order valence-corrected chi connectivity index (χ3v) is 5.50. The molecule has 0 spiro atoms. The molecule has 0 aromatic heterocycles. The number of sulfone groups is 1. The highest BCUT2D eigenvalue weighted by Gasteiger charge is 2.23. The number of amides is 1. The highest BCUT2D eigenvalue weighted by Crippen LogP contribution is 2.26. The Morgan fingerprint density at radius 1 is 1.08 bits per heavy atom. The Morgan fingerprint density at radius 3 is 2.12 bits per heavy atom. The molecule has 0 heterocycles. The van der Waals surface area contributed by atoms with Crippen molar-refractivity contribution in [3.63, 3.8) is 0 Å². The molecule has 2 rings (SSSR count). The van der Waals surface area contributed by atoms with Gasteiger partial charge < -0.3 is 5.32 Å². The molecule has 0 fully saturated rings. The van der Waals surface area contributed by atoms with E-state index in [4.69, 9.17) is 0 Å². The number of carbonyl (C=O) groups is 1. The van der Waals surface area contributed by atoms with Crippen molar-refractivity contribution in [2.24, 2.45) is 0 Å². The number of hydrogen-bond acceptors (Lipinski definition) is 5. The molecule has 2 aromatic rings. The summed E-state index contributed by atoms with van der Waals surface area (Å²) in [5.41, 5.74) is 1.52. The average Bonchev–Trinajstić information content (AvgIpc) is 2.59. The smallest absolute Gasteiger partial charge is 0.269 e. The predicted molar refractivity (Wildman–Crippen MR) is 93.3 cm³/mol. The van der Waals surface area contributed by atoms with Crippen LogP contribution in [0.3, 0.4) is 0 Å². The summed E-state index contributed by atoms with van der Waals surface area (Å²) < 4.78 is 25.7. The van der Waals surface area contributed by atoms with Gasteiger partial charge in [0, 0.05) is 12.1 Å². The zero-order chi connectivity index (χ0) is 18.6. The fourth-order valence-electron chi connectivity index (χ4n) is 2.24. The Balaban J connectivity index is 2.57. The Labute approximate surface area is 145 Å². The van der Waals surface area contributed by atoms with Gasteiger partial charge in [0.25, 0.3) is 5.69 Å². The lowest BCUT2D eigenvalue weighted by atomic mass is 10.1. The maximum absolute atomic E-state index is 12.8. The average molecular weight is 360 g/mol. The van der Waals surface area contributed by atoms with Crippen LogP contribution in [0.4, 0.5) is 5.69 Å². The molecule has 0 aliphatic rings. The van der Waals surface area contributed by atoms with Crippen molar-refractivity contribution < 1.29 is 18.1 Å². The van der Waals surface area contributed by atoms with Crippen LogP contribution in [0, 0.1) is 17.0 Å². The molecular weight excluding hydrogens is 344 g/mol. The van der Waals surface area contributed by atoms with Crippen molar-refractivity contribution in [2.45, 2.75) is 18.7 Å². The number of non-ortho nitro benzene ring substituents is 1. The summed E-state index contributed by atoms with van der Waals surface area (Å²) >= 11 is 0. The second-order valence-corrected chi connectivity index (χ2v) is 7.22. The number of rotatable bonds is 6. The molecule has 130 valence electrons. The van der Waals surface area contributed by atoms with E-state index < -0.39 is 14.8 Å². The zero-order valence-corrected chi connectivity index (χ0v) is 14.4. The first-order chi connectivity index (χ1) is 11.8. The van der Waals surface area contributed by atoms with Gasteiger partial charge in [-0.2, -0.15) is 0 Å². The number of nitro groups is 1. The largest absolute Gasteiger partial charge is 0.319 e. The van der Waals surface area contributed by atoms with Gasteiger partial charge in [0.1, 0.15) is 5.03 Å². The Bertz CT molecular complexity index is 930. The summed E-state index contributed by atoms with van der Waals surface area (Å²) in [7, 11) is -3.95. The second-order valence-electron chi connectivity index (χ2n) is 5.34. The monoisotopic (exact) mass is 360 g/mol. The Morgan fingerprint density at radius 2 is 1.64 bits per heavy atom. The van der Waals surface area contributed by atoms with E-state index in [1.54, 1.807) is 12.1 Å². The van der Waals surface area contributed by atoms with Gasteiger partial charge in [-0.05, 0) is 49.2 Å². The summed E-state index contributed by atoms with van der Waals surface area (Å²) in [6, 6.07) is 11.7. The van der Waals surface area contributed by atoms with E-state index in [-0.39, 0.29) is 27.6 Å². The minimum absolute atomic E-state index is 0.0451. The number of allylic oxidation sites excluding steroid dienone is 1. The van der Waals surface area contributed by atoms with E-state index in [2.05, 4.69) is 5.32 Å². The highest BCUT2D eigenvalue weighted by molar-refractivity contribution is 7.95. The van der Waals surface area contributed by atoms with Gasteiger partial charge in [-0.25, -0.2) is 8.42 Å². The molecule has 0 radical (unpaired) electrons. The number of nitro benzene ring substituents is 1. The maximum Gasteiger partial charge on any atom is 0.269 e. The normalized spacial score (nSPS) is 12.2. The third kappa shape index (κ3) is 3.92. The Kier molecular flexibility index (Phi) is 5.33. The lowest BCUT2D eigenvalue weighted by Crippen LogP contribution is -2.21. The number of aryl methyl sites for hydroxylation is 1. The SMILES string of the molecule is CC(=C(NC=O)S(=O)(=O)c1ccc(C)cc1)c1ccc([N+](=O)[O-])cc1. The van der Waals surface area contributed by atoms with Crippen LogP contribution >= 0.6 is 0 Å². The number of carbonyl (C=O) groups excluding carboxylic acids is 1. The molecule has 0 saturated carbocycles. The zero-order valence-electron chi connectivity index (χ0n) is 13.6. The topological polar surface area (TPSA) is 106 Å². The summed E-state index contributed by atoms with van der Waals surface area (Å²) in [5.74, 6) is 0. The molecule has 1 amide bonds. The number of nitrogens with zero attached hydrogens (tertiary/aromatic N) is 1. The van der Waals surface area contributed by atoms with Crippen molar-refractivity contribution in [1.29, 1.82) is 0 Å². The molecule has 0 aliphatic heterocycles. The van der Waals surface area contributed by atoms with Crippen LogP contribution in [-0.2, 0) is 14.6 Å². The van der Waals surface area contributed by atoms with Crippen LogP contribution < -0.4 is 5.32 Å². The Hall–Kier alpha value is -3.00. The predicted octanol–water partition coefficient (Wildman–Crippen LogP) is 2.81. The molecule has 25 heavy (non-hydrogen) atoms. The standard InChI is InChI=1S/C17H16N2O5S/c1-12-3-9-16(10-4-12)25(23,24)17(18-11-20)13(2)14-5-7-15(8-6-14)19(21)22/h3-11H,1-2H3,(H,18,20). The summed E-state index contributed by atoms with van der Waals surface area (Å²) in [4.78, 5) is 21.2. The minimum Gasteiger partial charge on any atom is -0.319 e. The van der Waals surface area contributed by atoms with Crippen molar-refractivity contribution >= 4 is 27.5 Å². The van der Waals surface area contributed by atoms with Gasteiger partial charge in [-0.3, -0.25) is 14.9 Å². The molecule has 2 aromatic carbocycles. The van der Waals surface area contributed by atoms with E-state index in [0.29, 0.717) is 5.56 Å². The van der Waals surface area contributed by atoms with Crippen LogP contribution in [0.15, 0.2) is 58.5 Å². The fourth-order valence-corrected chi connectivity index (χ4v) is 3.69. The lowest BCUT2D eigenvalue weighted by Gasteiger charge is -2.13. The van der Waals surface area contributed by atoms with Gasteiger partial charge in [0.15, 0.2) is 0 Å². The van der Waals surface area contributed by atoms with Gasteiger partial charge >= 0.3 is 0 Å². The van der Waals surface area contributed by atoms with Crippen molar-refractivity contribution in [2.75, 3.05) is 0 Å². The van der Waals surface area contributed by atoms with Crippen LogP contribution in [0.5, 0.6) is 0 Å². The summed E-state index contributed by atoms with van der Waals surface area (Å²) in [5, 5.41) is 12.7. The molecule has 0 atom stereocenters.